The van der Waals surface area contributed by atoms with Crippen molar-refractivity contribution in [3.05, 3.63) is 11.6 Å². The average Bonchev–Trinajstić information content (AvgIpc) is 2.89. The first-order valence-electron chi connectivity index (χ1n) is 8.09. The third kappa shape index (κ3) is 3.67. The molecule has 0 aromatic heterocycles. The number of rotatable bonds is 5. The van der Waals surface area contributed by atoms with Gasteiger partial charge in [-0.15, -0.1) is 0 Å². The molecule has 2 unspecified atom stereocenters. The number of hydrogen-bond donors (Lipinski definition) is 2. The van der Waals surface area contributed by atoms with Crippen molar-refractivity contribution >= 4 is 0 Å². The quantitative estimate of drug-likeness (QED) is 0.766. The number of ether oxygens (including phenoxy) is 2. The molecule has 1 fully saturated rings. The molecule has 2 aliphatic rings. The molecule has 4 heteroatoms. The highest BCUT2D eigenvalue weighted by molar-refractivity contribution is 5.09. The van der Waals surface area contributed by atoms with Crippen LogP contribution in [-0.2, 0) is 9.47 Å². The molecule has 0 saturated carbocycles. The standard InChI is InChI=1S/C17H30O4/c1-14-5-9-15(2,7-4-8-16(3,19)13-18)17(10-6-14)20-11-12-21-17/h5,18-19H,4,6-13H2,1-3H3. The average molecular weight is 298 g/mol. The monoisotopic (exact) mass is 298 g/mol. The summed E-state index contributed by atoms with van der Waals surface area (Å²) in [5, 5.41) is 19.1. The van der Waals surface area contributed by atoms with E-state index in [-0.39, 0.29) is 12.0 Å². The maximum Gasteiger partial charge on any atom is 0.174 e. The second-order valence-electron chi connectivity index (χ2n) is 7.27. The second kappa shape index (κ2) is 6.37. The summed E-state index contributed by atoms with van der Waals surface area (Å²) in [6.45, 7) is 7.24. The molecule has 0 aromatic carbocycles. The molecular formula is C17H30O4. The maximum atomic E-state index is 9.97. The highest BCUT2D eigenvalue weighted by atomic mass is 16.7. The van der Waals surface area contributed by atoms with E-state index in [1.165, 1.54) is 5.57 Å². The first-order valence-corrected chi connectivity index (χ1v) is 8.09. The van der Waals surface area contributed by atoms with Crippen molar-refractivity contribution in [2.24, 2.45) is 5.41 Å². The maximum absolute atomic E-state index is 9.97. The van der Waals surface area contributed by atoms with E-state index < -0.39 is 11.4 Å². The van der Waals surface area contributed by atoms with Crippen LogP contribution in [0.3, 0.4) is 0 Å². The van der Waals surface area contributed by atoms with Crippen LogP contribution in [0.15, 0.2) is 11.6 Å². The number of aliphatic hydroxyl groups is 2. The minimum atomic E-state index is -0.989. The molecule has 0 aromatic rings. The fourth-order valence-corrected chi connectivity index (χ4v) is 3.50. The van der Waals surface area contributed by atoms with E-state index in [1.807, 2.05) is 0 Å². The van der Waals surface area contributed by atoms with Crippen LogP contribution < -0.4 is 0 Å². The Balaban J connectivity index is 2.07. The number of allylic oxidation sites excluding steroid dienone is 2. The van der Waals surface area contributed by atoms with Crippen molar-refractivity contribution < 1.29 is 19.7 Å². The van der Waals surface area contributed by atoms with E-state index in [1.54, 1.807) is 6.92 Å². The predicted molar refractivity (Wildman–Crippen MR) is 81.9 cm³/mol. The van der Waals surface area contributed by atoms with Gasteiger partial charge in [0, 0.05) is 11.8 Å². The van der Waals surface area contributed by atoms with Gasteiger partial charge in [0.05, 0.1) is 25.4 Å². The van der Waals surface area contributed by atoms with E-state index in [9.17, 15) is 10.2 Å². The molecule has 0 bridgehead atoms. The normalized spacial score (nSPS) is 31.8. The second-order valence-corrected chi connectivity index (χ2v) is 7.27. The van der Waals surface area contributed by atoms with E-state index in [0.29, 0.717) is 19.6 Å². The molecule has 2 N–H and O–H groups in total. The van der Waals surface area contributed by atoms with Crippen LogP contribution in [0.25, 0.3) is 0 Å². The van der Waals surface area contributed by atoms with Crippen LogP contribution in [0.5, 0.6) is 0 Å². The molecule has 2 atom stereocenters. The van der Waals surface area contributed by atoms with Crippen molar-refractivity contribution in [2.75, 3.05) is 19.8 Å². The van der Waals surface area contributed by atoms with Crippen LogP contribution in [0, 0.1) is 5.41 Å². The van der Waals surface area contributed by atoms with Crippen LogP contribution >= 0.6 is 0 Å². The van der Waals surface area contributed by atoms with Gasteiger partial charge >= 0.3 is 0 Å². The molecule has 0 radical (unpaired) electrons. The van der Waals surface area contributed by atoms with Gasteiger partial charge in [0.15, 0.2) is 5.79 Å². The van der Waals surface area contributed by atoms with Gasteiger partial charge in [-0.3, -0.25) is 0 Å². The Morgan fingerprint density at radius 3 is 2.62 bits per heavy atom. The van der Waals surface area contributed by atoms with Gasteiger partial charge in [-0.05, 0) is 46.0 Å². The largest absolute Gasteiger partial charge is 0.393 e. The fraction of sp³-hybridized carbons (Fsp3) is 0.882. The highest BCUT2D eigenvalue weighted by Crippen LogP contribution is 2.50. The molecule has 1 aliphatic heterocycles. The minimum absolute atomic E-state index is 0.0766. The molecular weight excluding hydrogens is 268 g/mol. The molecule has 4 nitrogen and oxygen atoms in total. The van der Waals surface area contributed by atoms with Crippen molar-refractivity contribution in [2.45, 2.75) is 70.7 Å². The van der Waals surface area contributed by atoms with Gasteiger partial charge in [0.2, 0.25) is 0 Å². The number of aliphatic hydroxyl groups excluding tert-OH is 1. The Morgan fingerprint density at radius 2 is 2.00 bits per heavy atom. The third-order valence-electron chi connectivity index (χ3n) is 5.21. The SMILES string of the molecule is CC1=CCC(C)(CCCC(C)(O)CO)C2(CC1)OCCO2. The Hall–Kier alpha value is -0.420. The molecule has 122 valence electrons. The predicted octanol–water partition coefficient (Wildman–Crippen LogP) is 2.78. The molecule has 21 heavy (non-hydrogen) atoms. The van der Waals surface area contributed by atoms with Crippen molar-refractivity contribution in [1.82, 2.24) is 0 Å². The van der Waals surface area contributed by atoms with Gasteiger partial charge in [-0.2, -0.15) is 0 Å². The first-order chi connectivity index (χ1) is 9.83. The Kier molecular flexibility index (Phi) is 5.14. The lowest BCUT2D eigenvalue weighted by atomic mass is 9.73. The highest BCUT2D eigenvalue weighted by Gasteiger charge is 2.52. The van der Waals surface area contributed by atoms with E-state index in [0.717, 1.165) is 32.1 Å². The summed E-state index contributed by atoms with van der Waals surface area (Å²) in [5.41, 5.74) is 0.337. The van der Waals surface area contributed by atoms with Crippen LogP contribution in [0.1, 0.15) is 59.3 Å². The summed E-state index contributed by atoms with van der Waals surface area (Å²) in [6.07, 6.45) is 7.55. The molecule has 1 saturated heterocycles. The van der Waals surface area contributed by atoms with Gasteiger partial charge in [-0.25, -0.2) is 0 Å². The lowest BCUT2D eigenvalue weighted by molar-refractivity contribution is -0.238. The minimum Gasteiger partial charge on any atom is -0.393 e. The van der Waals surface area contributed by atoms with Crippen LogP contribution in [-0.4, -0.2) is 41.4 Å². The van der Waals surface area contributed by atoms with E-state index in [2.05, 4.69) is 19.9 Å². The molecule has 1 heterocycles. The number of hydrogen-bond acceptors (Lipinski definition) is 4. The van der Waals surface area contributed by atoms with Gasteiger partial charge in [0.25, 0.3) is 0 Å². The van der Waals surface area contributed by atoms with Gasteiger partial charge in [-0.1, -0.05) is 18.6 Å². The Labute approximate surface area is 128 Å². The molecule has 0 amide bonds. The summed E-state index contributed by atoms with van der Waals surface area (Å²) in [4.78, 5) is 0. The Morgan fingerprint density at radius 1 is 1.33 bits per heavy atom. The van der Waals surface area contributed by atoms with Crippen LogP contribution in [0.2, 0.25) is 0 Å². The lowest BCUT2D eigenvalue weighted by Gasteiger charge is -2.44. The van der Waals surface area contributed by atoms with Gasteiger partial charge < -0.3 is 19.7 Å². The van der Waals surface area contributed by atoms with E-state index in [4.69, 9.17) is 9.47 Å². The third-order valence-corrected chi connectivity index (χ3v) is 5.21. The Bertz CT molecular complexity index is 382. The molecule has 1 aliphatic carbocycles. The summed E-state index contributed by atoms with van der Waals surface area (Å²) in [6, 6.07) is 0. The lowest BCUT2D eigenvalue weighted by Crippen LogP contribution is -2.47. The summed E-state index contributed by atoms with van der Waals surface area (Å²) in [7, 11) is 0. The van der Waals surface area contributed by atoms with Crippen molar-refractivity contribution in [1.29, 1.82) is 0 Å². The van der Waals surface area contributed by atoms with Crippen LogP contribution in [0.4, 0.5) is 0 Å². The zero-order valence-electron chi connectivity index (χ0n) is 13.7. The van der Waals surface area contributed by atoms with Crippen molar-refractivity contribution in [3.8, 4) is 0 Å². The smallest absolute Gasteiger partial charge is 0.174 e. The zero-order chi connectivity index (χ0) is 15.6. The van der Waals surface area contributed by atoms with Crippen molar-refractivity contribution in [3.63, 3.8) is 0 Å². The van der Waals surface area contributed by atoms with E-state index >= 15 is 0 Å². The summed E-state index contributed by atoms with van der Waals surface area (Å²) >= 11 is 0. The summed E-state index contributed by atoms with van der Waals surface area (Å²) < 4.78 is 12.1. The zero-order valence-corrected chi connectivity index (χ0v) is 13.7. The fourth-order valence-electron chi connectivity index (χ4n) is 3.50. The molecule has 1 spiro atoms. The summed E-state index contributed by atoms with van der Waals surface area (Å²) in [5.74, 6) is -0.480. The first kappa shape index (κ1) is 16.9. The topological polar surface area (TPSA) is 58.9 Å². The molecule has 2 rings (SSSR count). The van der Waals surface area contributed by atoms with Gasteiger partial charge in [0.1, 0.15) is 0 Å².